The zero-order valence-corrected chi connectivity index (χ0v) is 19.3. The van der Waals surface area contributed by atoms with Gasteiger partial charge < -0.3 is 19.7 Å². The lowest BCUT2D eigenvalue weighted by Gasteiger charge is -2.27. The average molecular weight is 475 g/mol. The van der Waals surface area contributed by atoms with Gasteiger partial charge in [-0.3, -0.25) is 9.48 Å². The van der Waals surface area contributed by atoms with E-state index in [1.165, 1.54) is 25.4 Å². The van der Waals surface area contributed by atoms with Gasteiger partial charge in [-0.05, 0) is 19.9 Å². The summed E-state index contributed by atoms with van der Waals surface area (Å²) in [6.45, 7) is 5.71. The van der Waals surface area contributed by atoms with Crippen molar-refractivity contribution < 1.29 is 18.7 Å². The Hall–Kier alpha value is -3.24. The fraction of sp³-hybridized carbons (Fsp3) is 0.364. The van der Waals surface area contributed by atoms with Crippen molar-refractivity contribution in [1.29, 1.82) is 0 Å². The lowest BCUT2D eigenvalue weighted by molar-refractivity contribution is 0.0299. The van der Waals surface area contributed by atoms with Crippen molar-refractivity contribution in [2.75, 3.05) is 38.7 Å². The molecule has 0 radical (unpaired) electrons. The predicted molar refractivity (Wildman–Crippen MR) is 122 cm³/mol. The molecule has 3 heterocycles. The molecule has 1 saturated heterocycles. The first kappa shape index (κ1) is 22.9. The average Bonchev–Trinajstić information content (AvgIpc) is 3.31. The summed E-state index contributed by atoms with van der Waals surface area (Å²) in [6, 6.07) is 2.75. The van der Waals surface area contributed by atoms with Crippen LogP contribution in [0.5, 0.6) is 5.75 Å². The van der Waals surface area contributed by atoms with Gasteiger partial charge in [0.05, 0.1) is 54.7 Å². The van der Waals surface area contributed by atoms with Crippen LogP contribution in [0.1, 0.15) is 30.2 Å². The van der Waals surface area contributed by atoms with Gasteiger partial charge in [0.15, 0.2) is 0 Å². The van der Waals surface area contributed by atoms with Crippen molar-refractivity contribution in [2.24, 2.45) is 0 Å². The van der Waals surface area contributed by atoms with E-state index in [2.05, 4.69) is 20.4 Å². The van der Waals surface area contributed by atoms with Crippen LogP contribution in [0.4, 0.5) is 16.0 Å². The number of methoxy groups -OCH3 is 1. The molecular formula is C22H24ClFN6O3. The normalized spacial score (nSPS) is 13.9. The van der Waals surface area contributed by atoms with Crippen molar-refractivity contribution in [2.45, 2.75) is 19.9 Å². The van der Waals surface area contributed by atoms with E-state index in [0.29, 0.717) is 37.0 Å². The Morgan fingerprint density at radius 1 is 1.27 bits per heavy atom. The molecule has 1 fully saturated rings. The number of halogens is 2. The van der Waals surface area contributed by atoms with Gasteiger partial charge in [-0.1, -0.05) is 11.6 Å². The van der Waals surface area contributed by atoms with Crippen molar-refractivity contribution in [3.8, 4) is 17.0 Å². The summed E-state index contributed by atoms with van der Waals surface area (Å²) >= 11 is 6.31. The highest BCUT2D eigenvalue weighted by Gasteiger charge is 2.24. The molecule has 1 aromatic carbocycles. The molecule has 0 bridgehead atoms. The van der Waals surface area contributed by atoms with Crippen LogP contribution in [0.15, 0.2) is 30.7 Å². The fourth-order valence-electron chi connectivity index (χ4n) is 3.41. The van der Waals surface area contributed by atoms with Gasteiger partial charge in [0.25, 0.3) is 5.91 Å². The SMILES string of the molecule is COc1cc(C(=O)N2CCOCC2)c(F)cc1Nc1ncc(Cl)c(-c2cnn(C(C)C)c2)n1. The molecule has 0 unspecified atom stereocenters. The molecule has 1 aliphatic rings. The molecule has 9 nitrogen and oxygen atoms in total. The molecule has 3 aromatic rings. The van der Waals surface area contributed by atoms with Crippen LogP contribution in [0.2, 0.25) is 5.02 Å². The van der Waals surface area contributed by atoms with Crippen LogP contribution in [0.25, 0.3) is 11.3 Å². The molecule has 0 saturated carbocycles. The Kier molecular flexibility index (Phi) is 6.75. The van der Waals surface area contributed by atoms with E-state index in [1.807, 2.05) is 20.0 Å². The Morgan fingerprint density at radius 3 is 2.70 bits per heavy atom. The lowest BCUT2D eigenvalue weighted by atomic mass is 10.1. The second-order valence-electron chi connectivity index (χ2n) is 7.75. The van der Waals surface area contributed by atoms with Crippen molar-refractivity contribution >= 4 is 29.1 Å². The Bertz CT molecular complexity index is 1160. The maximum absolute atomic E-state index is 14.9. The summed E-state index contributed by atoms with van der Waals surface area (Å²) < 4.78 is 27.4. The third kappa shape index (κ3) is 4.91. The molecule has 33 heavy (non-hydrogen) atoms. The number of ether oxygens (including phenoxy) is 2. The largest absolute Gasteiger partial charge is 0.495 e. The molecule has 174 valence electrons. The number of amides is 1. The number of benzene rings is 1. The van der Waals surface area contributed by atoms with Crippen molar-refractivity contribution in [3.63, 3.8) is 0 Å². The topological polar surface area (TPSA) is 94.4 Å². The van der Waals surface area contributed by atoms with Crippen LogP contribution in [0, 0.1) is 5.82 Å². The van der Waals surface area contributed by atoms with Crippen LogP contribution >= 0.6 is 11.6 Å². The minimum atomic E-state index is -0.679. The van der Waals surface area contributed by atoms with E-state index >= 15 is 0 Å². The van der Waals surface area contributed by atoms with E-state index in [1.54, 1.807) is 15.8 Å². The number of carbonyl (C=O) groups excluding carboxylic acids is 1. The zero-order valence-electron chi connectivity index (χ0n) is 18.5. The van der Waals surface area contributed by atoms with Crippen LogP contribution < -0.4 is 10.1 Å². The Morgan fingerprint density at radius 2 is 2.03 bits per heavy atom. The zero-order chi connectivity index (χ0) is 23.5. The Labute approximate surface area is 195 Å². The van der Waals surface area contributed by atoms with Gasteiger partial charge >= 0.3 is 0 Å². The molecule has 0 spiro atoms. The summed E-state index contributed by atoms with van der Waals surface area (Å²) in [5.74, 6) is -0.618. The monoisotopic (exact) mass is 474 g/mol. The number of hydrogen-bond donors (Lipinski definition) is 1. The number of nitrogens with one attached hydrogen (secondary N) is 1. The summed E-state index contributed by atoms with van der Waals surface area (Å²) in [5, 5.41) is 7.63. The number of nitrogens with zero attached hydrogens (tertiary/aromatic N) is 5. The van der Waals surface area contributed by atoms with Gasteiger partial charge in [0.2, 0.25) is 5.95 Å². The fourth-order valence-corrected chi connectivity index (χ4v) is 3.61. The van der Waals surface area contributed by atoms with Gasteiger partial charge in [0, 0.05) is 37.0 Å². The summed E-state index contributed by atoms with van der Waals surface area (Å²) in [5.41, 5.74) is 1.42. The first-order chi connectivity index (χ1) is 15.9. The second kappa shape index (κ2) is 9.72. The molecule has 11 heteroatoms. The quantitative estimate of drug-likeness (QED) is 0.578. The molecule has 0 atom stereocenters. The van der Waals surface area contributed by atoms with Gasteiger partial charge in [-0.2, -0.15) is 5.10 Å². The molecule has 2 aromatic heterocycles. The minimum absolute atomic E-state index is 0.0712. The summed E-state index contributed by atoms with van der Waals surface area (Å²) in [6.07, 6.45) is 4.97. The van der Waals surface area contributed by atoms with Crippen molar-refractivity contribution in [3.05, 3.63) is 47.1 Å². The first-order valence-electron chi connectivity index (χ1n) is 10.5. The molecule has 0 aliphatic carbocycles. The van der Waals surface area contributed by atoms with Crippen LogP contribution in [-0.4, -0.2) is 64.0 Å². The number of aromatic nitrogens is 4. The standard InChI is InChI=1S/C22H24ClFN6O3/c1-13(2)30-12-14(10-26-30)20-16(23)11-25-22(28-20)27-18-9-17(24)15(8-19(18)32-3)21(31)29-4-6-33-7-5-29/h8-13H,4-7H2,1-3H3,(H,25,27,28). The maximum atomic E-state index is 14.9. The van der Waals surface area contributed by atoms with E-state index in [-0.39, 0.29) is 29.0 Å². The minimum Gasteiger partial charge on any atom is -0.495 e. The second-order valence-corrected chi connectivity index (χ2v) is 8.16. The third-order valence-corrected chi connectivity index (χ3v) is 5.49. The van der Waals surface area contributed by atoms with Crippen LogP contribution in [0.3, 0.4) is 0 Å². The first-order valence-corrected chi connectivity index (χ1v) is 10.8. The predicted octanol–water partition coefficient (Wildman–Crippen LogP) is 3.94. The van der Waals surface area contributed by atoms with Gasteiger partial charge in [-0.25, -0.2) is 14.4 Å². The summed E-state index contributed by atoms with van der Waals surface area (Å²) in [7, 11) is 1.44. The molecule has 1 N–H and O–H groups in total. The number of hydrogen-bond acceptors (Lipinski definition) is 7. The number of anilines is 2. The molecule has 1 amide bonds. The van der Waals surface area contributed by atoms with E-state index < -0.39 is 11.7 Å². The smallest absolute Gasteiger partial charge is 0.257 e. The lowest BCUT2D eigenvalue weighted by Crippen LogP contribution is -2.41. The number of carbonyl (C=O) groups is 1. The van der Waals surface area contributed by atoms with Gasteiger partial charge in [-0.15, -0.1) is 0 Å². The van der Waals surface area contributed by atoms with E-state index in [9.17, 15) is 9.18 Å². The number of morpholine rings is 1. The van der Waals surface area contributed by atoms with Gasteiger partial charge in [0.1, 0.15) is 11.6 Å². The highest BCUT2D eigenvalue weighted by molar-refractivity contribution is 6.32. The highest BCUT2D eigenvalue weighted by Crippen LogP contribution is 2.32. The number of rotatable bonds is 6. The molecular weight excluding hydrogens is 451 g/mol. The van der Waals surface area contributed by atoms with E-state index in [0.717, 1.165) is 5.56 Å². The highest BCUT2D eigenvalue weighted by atomic mass is 35.5. The molecule has 1 aliphatic heterocycles. The van der Waals surface area contributed by atoms with Crippen LogP contribution in [-0.2, 0) is 4.74 Å². The Balaban J connectivity index is 1.62. The van der Waals surface area contributed by atoms with Crippen molar-refractivity contribution in [1.82, 2.24) is 24.6 Å². The maximum Gasteiger partial charge on any atom is 0.257 e. The molecule has 4 rings (SSSR count). The van der Waals surface area contributed by atoms with E-state index in [4.69, 9.17) is 21.1 Å². The third-order valence-electron chi connectivity index (χ3n) is 5.21. The summed E-state index contributed by atoms with van der Waals surface area (Å²) in [4.78, 5) is 23.0.